The molecule has 0 spiro atoms. The molecule has 3 unspecified atom stereocenters. The number of amides is 1. The standard InChI is InChI=1S/C14H28N2O/c1-5-6-16(10(2)3)14(17)12-7-11(4)8-13(15)9-12/h10-13H,5-9,15H2,1-4H3. The fourth-order valence-corrected chi connectivity index (χ4v) is 2.96. The molecular formula is C14H28N2O. The maximum absolute atomic E-state index is 12.5. The minimum Gasteiger partial charge on any atom is -0.340 e. The molecule has 3 nitrogen and oxygen atoms in total. The summed E-state index contributed by atoms with van der Waals surface area (Å²) in [5.74, 6) is 1.06. The highest BCUT2D eigenvalue weighted by Gasteiger charge is 2.32. The van der Waals surface area contributed by atoms with E-state index in [9.17, 15) is 4.79 Å². The first-order valence-corrected chi connectivity index (χ1v) is 7.01. The highest BCUT2D eigenvalue weighted by molar-refractivity contribution is 5.79. The summed E-state index contributed by atoms with van der Waals surface area (Å²) >= 11 is 0. The zero-order valence-electron chi connectivity index (χ0n) is 11.8. The van der Waals surface area contributed by atoms with Gasteiger partial charge in [-0.3, -0.25) is 4.79 Å². The summed E-state index contributed by atoms with van der Waals surface area (Å²) in [6.45, 7) is 9.40. The van der Waals surface area contributed by atoms with Crippen LogP contribution in [0.4, 0.5) is 0 Å². The van der Waals surface area contributed by atoms with Crippen LogP contribution in [0, 0.1) is 11.8 Å². The number of nitrogens with two attached hydrogens (primary N) is 1. The van der Waals surface area contributed by atoms with Gasteiger partial charge in [-0.25, -0.2) is 0 Å². The SMILES string of the molecule is CCCN(C(=O)C1CC(C)CC(N)C1)C(C)C. The van der Waals surface area contributed by atoms with E-state index in [1.54, 1.807) is 0 Å². The number of nitrogens with zero attached hydrogens (tertiary/aromatic N) is 1. The average Bonchev–Trinajstić information content (AvgIpc) is 2.23. The van der Waals surface area contributed by atoms with Crippen LogP contribution in [-0.4, -0.2) is 29.4 Å². The van der Waals surface area contributed by atoms with Crippen molar-refractivity contribution in [3.63, 3.8) is 0 Å². The van der Waals surface area contributed by atoms with Gasteiger partial charge in [-0.15, -0.1) is 0 Å². The molecule has 0 bridgehead atoms. The van der Waals surface area contributed by atoms with Crippen LogP contribution in [0.15, 0.2) is 0 Å². The van der Waals surface area contributed by atoms with Crippen molar-refractivity contribution in [1.82, 2.24) is 4.90 Å². The molecule has 1 amide bonds. The lowest BCUT2D eigenvalue weighted by Crippen LogP contribution is -2.45. The van der Waals surface area contributed by atoms with Gasteiger partial charge >= 0.3 is 0 Å². The Morgan fingerprint density at radius 3 is 2.47 bits per heavy atom. The Kier molecular flexibility index (Phi) is 5.44. The topological polar surface area (TPSA) is 46.3 Å². The van der Waals surface area contributed by atoms with Gasteiger partial charge in [-0.2, -0.15) is 0 Å². The van der Waals surface area contributed by atoms with E-state index in [-0.39, 0.29) is 12.0 Å². The van der Waals surface area contributed by atoms with E-state index in [4.69, 9.17) is 5.73 Å². The third kappa shape index (κ3) is 3.98. The Balaban J connectivity index is 2.66. The summed E-state index contributed by atoms with van der Waals surface area (Å²) in [6.07, 6.45) is 3.98. The van der Waals surface area contributed by atoms with Crippen molar-refractivity contribution in [2.24, 2.45) is 17.6 Å². The Labute approximate surface area is 106 Å². The molecular weight excluding hydrogens is 212 g/mol. The molecule has 1 saturated carbocycles. The Bertz CT molecular complexity index is 243. The summed E-state index contributed by atoms with van der Waals surface area (Å²) in [5.41, 5.74) is 6.03. The molecule has 0 aromatic carbocycles. The van der Waals surface area contributed by atoms with Crippen LogP contribution < -0.4 is 5.73 Å². The van der Waals surface area contributed by atoms with E-state index in [0.717, 1.165) is 32.2 Å². The van der Waals surface area contributed by atoms with Crippen molar-refractivity contribution >= 4 is 5.91 Å². The van der Waals surface area contributed by atoms with E-state index in [1.807, 2.05) is 4.90 Å². The van der Waals surface area contributed by atoms with Gasteiger partial charge in [0.05, 0.1) is 0 Å². The van der Waals surface area contributed by atoms with E-state index in [0.29, 0.717) is 17.9 Å². The molecule has 0 heterocycles. The lowest BCUT2D eigenvalue weighted by molar-refractivity contribution is -0.139. The summed E-state index contributed by atoms with van der Waals surface area (Å²) in [7, 11) is 0. The van der Waals surface area contributed by atoms with Gasteiger partial charge in [0.15, 0.2) is 0 Å². The quantitative estimate of drug-likeness (QED) is 0.820. The van der Waals surface area contributed by atoms with Gasteiger partial charge in [0.2, 0.25) is 5.91 Å². The summed E-state index contributed by atoms with van der Waals surface area (Å²) in [4.78, 5) is 14.5. The zero-order chi connectivity index (χ0) is 13.0. The van der Waals surface area contributed by atoms with Gasteiger partial charge in [0.1, 0.15) is 0 Å². The molecule has 100 valence electrons. The molecule has 17 heavy (non-hydrogen) atoms. The highest BCUT2D eigenvalue weighted by atomic mass is 16.2. The summed E-state index contributed by atoms with van der Waals surface area (Å²) in [6, 6.07) is 0.513. The largest absolute Gasteiger partial charge is 0.340 e. The first kappa shape index (κ1) is 14.5. The van der Waals surface area contributed by atoms with Gasteiger partial charge in [0.25, 0.3) is 0 Å². The highest BCUT2D eigenvalue weighted by Crippen LogP contribution is 2.29. The van der Waals surface area contributed by atoms with Gasteiger partial charge < -0.3 is 10.6 Å². The van der Waals surface area contributed by atoms with Gasteiger partial charge in [-0.05, 0) is 45.4 Å². The second-order valence-corrected chi connectivity index (χ2v) is 5.89. The van der Waals surface area contributed by atoms with Crippen molar-refractivity contribution in [3.8, 4) is 0 Å². The Morgan fingerprint density at radius 1 is 1.35 bits per heavy atom. The molecule has 0 aromatic heterocycles. The van der Waals surface area contributed by atoms with Crippen LogP contribution in [0.1, 0.15) is 53.4 Å². The van der Waals surface area contributed by atoms with E-state index >= 15 is 0 Å². The number of hydrogen-bond donors (Lipinski definition) is 1. The van der Waals surface area contributed by atoms with Crippen LogP contribution >= 0.6 is 0 Å². The molecule has 0 radical (unpaired) electrons. The third-order valence-corrected chi connectivity index (χ3v) is 3.70. The molecule has 1 aliphatic carbocycles. The van der Waals surface area contributed by atoms with Crippen molar-refractivity contribution in [3.05, 3.63) is 0 Å². The van der Waals surface area contributed by atoms with Crippen LogP contribution in [0.5, 0.6) is 0 Å². The molecule has 0 aliphatic heterocycles. The molecule has 0 aromatic rings. The number of rotatable bonds is 4. The van der Waals surface area contributed by atoms with Crippen LogP contribution in [0.2, 0.25) is 0 Å². The average molecular weight is 240 g/mol. The molecule has 1 fully saturated rings. The van der Waals surface area contributed by atoms with E-state index in [1.165, 1.54) is 0 Å². The van der Waals surface area contributed by atoms with E-state index in [2.05, 4.69) is 27.7 Å². The van der Waals surface area contributed by atoms with Gasteiger partial charge in [-0.1, -0.05) is 13.8 Å². The molecule has 0 saturated heterocycles. The monoisotopic (exact) mass is 240 g/mol. The van der Waals surface area contributed by atoms with E-state index < -0.39 is 0 Å². The first-order valence-electron chi connectivity index (χ1n) is 7.01. The molecule has 2 N–H and O–H groups in total. The maximum atomic E-state index is 12.5. The number of carbonyl (C=O) groups excluding carboxylic acids is 1. The first-order chi connectivity index (χ1) is 7.95. The fraction of sp³-hybridized carbons (Fsp3) is 0.929. The lowest BCUT2D eigenvalue weighted by Gasteiger charge is -2.35. The van der Waals surface area contributed by atoms with Crippen molar-refractivity contribution in [2.75, 3.05) is 6.54 Å². The van der Waals surface area contributed by atoms with Crippen LogP contribution in [0.3, 0.4) is 0 Å². The predicted molar refractivity (Wildman–Crippen MR) is 71.6 cm³/mol. The minimum atomic E-state index is 0.155. The van der Waals surface area contributed by atoms with Crippen LogP contribution in [0.25, 0.3) is 0 Å². The van der Waals surface area contributed by atoms with Crippen molar-refractivity contribution < 1.29 is 4.79 Å². The molecule has 3 heteroatoms. The fourth-order valence-electron chi connectivity index (χ4n) is 2.96. The molecule has 1 rings (SSSR count). The second kappa shape index (κ2) is 6.39. The second-order valence-electron chi connectivity index (χ2n) is 5.89. The Morgan fingerprint density at radius 2 is 2.00 bits per heavy atom. The smallest absolute Gasteiger partial charge is 0.225 e. The minimum absolute atomic E-state index is 0.155. The third-order valence-electron chi connectivity index (χ3n) is 3.70. The van der Waals surface area contributed by atoms with Gasteiger partial charge in [0, 0.05) is 24.5 Å². The van der Waals surface area contributed by atoms with Crippen molar-refractivity contribution in [1.29, 1.82) is 0 Å². The summed E-state index contributed by atoms with van der Waals surface area (Å²) < 4.78 is 0. The Hall–Kier alpha value is -0.570. The predicted octanol–water partition coefficient (Wildman–Crippen LogP) is 2.40. The molecule has 1 aliphatic rings. The lowest BCUT2D eigenvalue weighted by atomic mass is 9.79. The number of carbonyl (C=O) groups is 1. The normalized spacial score (nSPS) is 29.4. The maximum Gasteiger partial charge on any atom is 0.225 e. The van der Waals surface area contributed by atoms with Crippen LogP contribution in [-0.2, 0) is 4.79 Å². The van der Waals surface area contributed by atoms with Crippen molar-refractivity contribution in [2.45, 2.75) is 65.5 Å². The number of hydrogen-bond acceptors (Lipinski definition) is 2. The zero-order valence-corrected chi connectivity index (χ0v) is 11.8. The summed E-state index contributed by atoms with van der Waals surface area (Å²) in [5, 5.41) is 0. The molecule has 3 atom stereocenters.